The summed E-state index contributed by atoms with van der Waals surface area (Å²) >= 11 is 1.73. The molecule has 27 heavy (non-hydrogen) atoms. The molecule has 0 saturated carbocycles. The third kappa shape index (κ3) is 4.32. The van der Waals surface area contributed by atoms with Gasteiger partial charge in [-0.3, -0.25) is 0 Å². The van der Waals surface area contributed by atoms with Crippen LogP contribution >= 0.6 is 11.3 Å². The summed E-state index contributed by atoms with van der Waals surface area (Å²) < 4.78 is 0. The van der Waals surface area contributed by atoms with Crippen LogP contribution < -0.4 is 14.7 Å². The van der Waals surface area contributed by atoms with E-state index >= 15 is 0 Å². The molecule has 8 heteroatoms. The number of nitrogens with zero attached hydrogens (tertiary/aromatic N) is 6. The molecule has 0 radical (unpaired) electrons. The number of aromatic nitrogens is 3. The molecular formula is C19H28N6OS. The number of rotatable bonds is 4. The number of thiazole rings is 1. The first kappa shape index (κ1) is 18.4. The number of hydrogen-bond acceptors (Lipinski definition) is 8. The Morgan fingerprint density at radius 2 is 1.78 bits per heavy atom. The van der Waals surface area contributed by atoms with Crippen LogP contribution in [0.15, 0.2) is 17.8 Å². The first-order chi connectivity index (χ1) is 13.2. The van der Waals surface area contributed by atoms with Gasteiger partial charge in [-0.1, -0.05) is 0 Å². The van der Waals surface area contributed by atoms with E-state index in [1.54, 1.807) is 17.7 Å². The minimum Gasteiger partial charge on any atom is -0.396 e. The average Bonchev–Trinajstić information content (AvgIpc) is 3.00. The van der Waals surface area contributed by atoms with Crippen molar-refractivity contribution in [2.24, 2.45) is 5.92 Å². The van der Waals surface area contributed by atoms with E-state index in [-0.39, 0.29) is 6.61 Å². The molecule has 4 rings (SSSR count). The summed E-state index contributed by atoms with van der Waals surface area (Å²) in [7, 11) is 0. The van der Waals surface area contributed by atoms with Crippen molar-refractivity contribution in [1.29, 1.82) is 0 Å². The lowest BCUT2D eigenvalue weighted by Crippen LogP contribution is -2.37. The fourth-order valence-corrected chi connectivity index (χ4v) is 4.79. The maximum atomic E-state index is 9.49. The first-order valence-electron chi connectivity index (χ1n) is 9.83. The number of hydrogen-bond donors (Lipinski definition) is 1. The number of piperidine rings is 1. The first-order valence-corrected chi connectivity index (χ1v) is 10.7. The van der Waals surface area contributed by atoms with Gasteiger partial charge < -0.3 is 19.8 Å². The molecule has 0 aromatic carbocycles. The Morgan fingerprint density at radius 3 is 2.56 bits per heavy atom. The second kappa shape index (κ2) is 8.39. The summed E-state index contributed by atoms with van der Waals surface area (Å²) in [6, 6.07) is 2.11. The largest absolute Gasteiger partial charge is 0.396 e. The molecule has 0 bridgehead atoms. The van der Waals surface area contributed by atoms with Gasteiger partial charge in [0, 0.05) is 57.3 Å². The third-order valence-electron chi connectivity index (χ3n) is 5.44. The minimum absolute atomic E-state index is 0.257. The molecule has 1 N–H and O–H groups in total. The van der Waals surface area contributed by atoms with Crippen molar-refractivity contribution < 1.29 is 5.11 Å². The van der Waals surface area contributed by atoms with Gasteiger partial charge in [0.1, 0.15) is 18.0 Å². The van der Waals surface area contributed by atoms with E-state index in [4.69, 9.17) is 0 Å². The fraction of sp³-hybridized carbons (Fsp3) is 0.632. The lowest BCUT2D eigenvalue weighted by atomic mass is 9.99. The van der Waals surface area contributed by atoms with E-state index in [1.165, 1.54) is 0 Å². The predicted octanol–water partition coefficient (Wildman–Crippen LogP) is 2.17. The Labute approximate surface area is 164 Å². The lowest BCUT2D eigenvalue weighted by molar-refractivity contribution is 0.208. The summed E-state index contributed by atoms with van der Waals surface area (Å²) in [6.07, 6.45) is 4.98. The van der Waals surface area contributed by atoms with Gasteiger partial charge in [-0.05, 0) is 32.1 Å². The topological polar surface area (TPSA) is 68.6 Å². The predicted molar refractivity (Wildman–Crippen MR) is 110 cm³/mol. The second-order valence-electron chi connectivity index (χ2n) is 7.47. The van der Waals surface area contributed by atoms with Gasteiger partial charge in [-0.25, -0.2) is 15.0 Å². The summed E-state index contributed by atoms with van der Waals surface area (Å²) in [5.41, 5.74) is 1.10. The lowest BCUT2D eigenvalue weighted by Gasteiger charge is -2.33. The monoisotopic (exact) mass is 388 g/mol. The van der Waals surface area contributed by atoms with E-state index in [0.29, 0.717) is 5.92 Å². The van der Waals surface area contributed by atoms with Crippen molar-refractivity contribution in [3.8, 4) is 0 Å². The van der Waals surface area contributed by atoms with Crippen LogP contribution in [0.5, 0.6) is 0 Å². The third-order valence-corrected chi connectivity index (χ3v) is 6.46. The number of aliphatic hydroxyl groups excluding tert-OH is 1. The molecule has 2 aliphatic heterocycles. The zero-order valence-electron chi connectivity index (χ0n) is 15.9. The molecule has 0 amide bonds. The van der Waals surface area contributed by atoms with Crippen molar-refractivity contribution in [2.45, 2.75) is 26.2 Å². The molecule has 2 saturated heterocycles. The fourth-order valence-electron chi connectivity index (χ4n) is 3.93. The van der Waals surface area contributed by atoms with E-state index in [9.17, 15) is 5.11 Å². The highest BCUT2D eigenvalue weighted by atomic mass is 32.1. The molecule has 0 aliphatic carbocycles. The maximum absolute atomic E-state index is 9.49. The van der Waals surface area contributed by atoms with Crippen LogP contribution in [0.4, 0.5) is 16.8 Å². The van der Waals surface area contributed by atoms with Crippen LogP contribution in [-0.2, 0) is 0 Å². The highest BCUT2D eigenvalue weighted by Gasteiger charge is 2.22. The summed E-state index contributed by atoms with van der Waals surface area (Å²) in [5.74, 6) is 2.34. The van der Waals surface area contributed by atoms with E-state index in [2.05, 4.69) is 48.0 Å². The van der Waals surface area contributed by atoms with Crippen LogP contribution in [0.3, 0.4) is 0 Å². The van der Waals surface area contributed by atoms with E-state index < -0.39 is 0 Å². The molecule has 1 unspecified atom stereocenters. The van der Waals surface area contributed by atoms with E-state index in [0.717, 1.165) is 81.0 Å². The van der Waals surface area contributed by atoms with Crippen LogP contribution in [-0.4, -0.2) is 65.9 Å². The normalized spacial score (nSPS) is 21.4. The summed E-state index contributed by atoms with van der Waals surface area (Å²) in [4.78, 5) is 20.7. The molecule has 0 spiro atoms. The summed E-state index contributed by atoms with van der Waals surface area (Å²) in [6.45, 7) is 8.12. The van der Waals surface area contributed by atoms with Crippen LogP contribution in [0.1, 0.15) is 25.0 Å². The Balaban J connectivity index is 1.44. The molecule has 7 nitrogen and oxygen atoms in total. The molecule has 146 valence electrons. The van der Waals surface area contributed by atoms with Gasteiger partial charge in [-0.2, -0.15) is 0 Å². The maximum Gasteiger partial charge on any atom is 0.185 e. The molecule has 2 aromatic heterocycles. The molecule has 2 aromatic rings. The van der Waals surface area contributed by atoms with Crippen molar-refractivity contribution >= 4 is 28.1 Å². The second-order valence-corrected chi connectivity index (χ2v) is 8.31. The molecule has 1 atom stereocenters. The Hall–Kier alpha value is -1.93. The molecule has 4 heterocycles. The smallest absolute Gasteiger partial charge is 0.185 e. The van der Waals surface area contributed by atoms with Crippen molar-refractivity contribution in [3.63, 3.8) is 0 Å². The zero-order valence-corrected chi connectivity index (χ0v) is 16.7. The Kier molecular flexibility index (Phi) is 5.73. The van der Waals surface area contributed by atoms with Gasteiger partial charge in [-0.15, -0.1) is 11.3 Å². The van der Waals surface area contributed by atoms with Gasteiger partial charge in [0.15, 0.2) is 5.13 Å². The highest BCUT2D eigenvalue weighted by molar-refractivity contribution is 7.13. The average molecular weight is 389 g/mol. The van der Waals surface area contributed by atoms with Crippen LogP contribution in [0, 0.1) is 12.8 Å². The number of aryl methyl sites for hydroxylation is 1. The van der Waals surface area contributed by atoms with Gasteiger partial charge in [0.2, 0.25) is 0 Å². The molecular weight excluding hydrogens is 360 g/mol. The minimum atomic E-state index is 0.257. The number of aliphatic hydroxyl groups is 1. The Bertz CT molecular complexity index is 753. The molecule has 2 fully saturated rings. The Morgan fingerprint density at radius 1 is 1.04 bits per heavy atom. The number of anilines is 3. The quantitative estimate of drug-likeness (QED) is 0.861. The van der Waals surface area contributed by atoms with Gasteiger partial charge >= 0.3 is 0 Å². The van der Waals surface area contributed by atoms with Crippen molar-refractivity contribution in [3.05, 3.63) is 23.5 Å². The standard InChI is InChI=1S/C19H28N6OS/c1-15-13-27-19(22-15)24-7-3-6-23(8-9-24)17-10-18(21-14-20-17)25-5-2-4-16(11-25)12-26/h10,13-14,16,26H,2-9,11-12H2,1H3. The van der Waals surface area contributed by atoms with Crippen molar-refractivity contribution in [2.75, 3.05) is 60.6 Å². The SMILES string of the molecule is Cc1csc(N2CCCN(c3cc(N4CCCC(CO)C4)ncn3)CC2)n1. The molecule has 2 aliphatic rings. The van der Waals surface area contributed by atoms with Crippen LogP contribution in [0.25, 0.3) is 0 Å². The summed E-state index contributed by atoms with van der Waals surface area (Å²) in [5, 5.41) is 12.7. The van der Waals surface area contributed by atoms with Crippen molar-refractivity contribution in [1.82, 2.24) is 15.0 Å². The zero-order chi connectivity index (χ0) is 18.6. The highest BCUT2D eigenvalue weighted by Crippen LogP contribution is 2.26. The van der Waals surface area contributed by atoms with Gasteiger partial charge in [0.25, 0.3) is 0 Å². The van der Waals surface area contributed by atoms with E-state index in [1.807, 2.05) is 0 Å². The van der Waals surface area contributed by atoms with Gasteiger partial charge in [0.05, 0.1) is 5.69 Å². The van der Waals surface area contributed by atoms with Crippen LogP contribution in [0.2, 0.25) is 0 Å².